The summed E-state index contributed by atoms with van der Waals surface area (Å²) in [7, 11) is 0. The minimum atomic E-state index is -0.649. The van der Waals surface area contributed by atoms with E-state index < -0.39 is 12.1 Å². The van der Waals surface area contributed by atoms with Crippen LogP contribution in [0.3, 0.4) is 0 Å². The van der Waals surface area contributed by atoms with Gasteiger partial charge in [0.25, 0.3) is 0 Å². The lowest BCUT2D eigenvalue weighted by atomic mass is 10.1. The lowest BCUT2D eigenvalue weighted by Crippen LogP contribution is -2.22. The predicted molar refractivity (Wildman–Crippen MR) is 77.0 cm³/mol. The van der Waals surface area contributed by atoms with Crippen LogP contribution in [0.2, 0.25) is 0 Å². The third-order valence-corrected chi connectivity index (χ3v) is 2.83. The second-order valence-electron chi connectivity index (χ2n) is 4.54. The normalized spacial score (nSPS) is 14.2. The van der Waals surface area contributed by atoms with Crippen molar-refractivity contribution in [2.75, 3.05) is 13.2 Å². The highest BCUT2D eigenvalue weighted by molar-refractivity contribution is 5.81. The first-order chi connectivity index (χ1) is 9.63. The SMILES string of the molecule is CCOC(=O)/C=C/C(C)C(O)COCc1ccccc1. The topological polar surface area (TPSA) is 55.8 Å². The van der Waals surface area contributed by atoms with E-state index in [0.29, 0.717) is 13.2 Å². The van der Waals surface area contributed by atoms with E-state index in [0.717, 1.165) is 5.56 Å². The van der Waals surface area contributed by atoms with Crippen molar-refractivity contribution >= 4 is 5.97 Å². The van der Waals surface area contributed by atoms with Gasteiger partial charge in [0.15, 0.2) is 0 Å². The summed E-state index contributed by atoms with van der Waals surface area (Å²) in [6, 6.07) is 9.77. The Kier molecular flexibility index (Phi) is 7.62. The molecule has 0 saturated carbocycles. The zero-order valence-corrected chi connectivity index (χ0v) is 12.0. The van der Waals surface area contributed by atoms with Crippen molar-refractivity contribution in [2.24, 2.45) is 5.92 Å². The standard InChI is InChI=1S/C16H22O4/c1-3-20-16(18)10-9-13(2)15(17)12-19-11-14-7-5-4-6-8-14/h4-10,13,15,17H,3,11-12H2,1-2H3/b10-9+. The van der Waals surface area contributed by atoms with Gasteiger partial charge in [-0.25, -0.2) is 4.79 Å². The van der Waals surface area contributed by atoms with Crippen molar-refractivity contribution in [1.82, 2.24) is 0 Å². The van der Waals surface area contributed by atoms with Gasteiger partial charge in [-0.05, 0) is 12.5 Å². The second-order valence-corrected chi connectivity index (χ2v) is 4.54. The summed E-state index contributed by atoms with van der Waals surface area (Å²) in [5.41, 5.74) is 1.06. The van der Waals surface area contributed by atoms with Crippen molar-refractivity contribution in [3.8, 4) is 0 Å². The third-order valence-electron chi connectivity index (χ3n) is 2.83. The Morgan fingerprint density at radius 3 is 2.70 bits per heavy atom. The molecule has 1 N–H and O–H groups in total. The lowest BCUT2D eigenvalue weighted by molar-refractivity contribution is -0.137. The van der Waals surface area contributed by atoms with E-state index in [9.17, 15) is 9.90 Å². The van der Waals surface area contributed by atoms with E-state index >= 15 is 0 Å². The molecule has 20 heavy (non-hydrogen) atoms. The maximum atomic E-state index is 11.1. The molecule has 1 aromatic rings. The number of ether oxygens (including phenoxy) is 2. The summed E-state index contributed by atoms with van der Waals surface area (Å²) in [5.74, 6) is -0.563. The molecule has 0 saturated heterocycles. The van der Waals surface area contributed by atoms with Crippen LogP contribution in [0.1, 0.15) is 19.4 Å². The Morgan fingerprint density at radius 2 is 2.05 bits per heavy atom. The van der Waals surface area contributed by atoms with E-state index in [1.807, 2.05) is 37.3 Å². The highest BCUT2D eigenvalue weighted by atomic mass is 16.5. The van der Waals surface area contributed by atoms with Gasteiger partial charge in [-0.2, -0.15) is 0 Å². The van der Waals surface area contributed by atoms with Gasteiger partial charge in [-0.15, -0.1) is 0 Å². The van der Waals surface area contributed by atoms with Crippen molar-refractivity contribution in [1.29, 1.82) is 0 Å². The first-order valence-corrected chi connectivity index (χ1v) is 6.78. The smallest absolute Gasteiger partial charge is 0.330 e. The van der Waals surface area contributed by atoms with Crippen LogP contribution < -0.4 is 0 Å². The van der Waals surface area contributed by atoms with Crippen LogP contribution in [0.4, 0.5) is 0 Å². The Labute approximate surface area is 120 Å². The fourth-order valence-electron chi connectivity index (χ4n) is 1.57. The van der Waals surface area contributed by atoms with E-state index in [1.165, 1.54) is 6.08 Å². The molecule has 4 nitrogen and oxygen atoms in total. The molecule has 0 fully saturated rings. The molecule has 1 rings (SSSR count). The average Bonchev–Trinajstić information content (AvgIpc) is 2.46. The Morgan fingerprint density at radius 1 is 1.35 bits per heavy atom. The molecule has 0 aromatic heterocycles. The molecule has 0 heterocycles. The summed E-state index contributed by atoms with van der Waals surface area (Å²) >= 11 is 0. The van der Waals surface area contributed by atoms with Crippen LogP contribution >= 0.6 is 0 Å². The van der Waals surface area contributed by atoms with Gasteiger partial charge in [0.2, 0.25) is 0 Å². The summed E-state index contributed by atoms with van der Waals surface area (Å²) in [5, 5.41) is 9.91. The number of rotatable bonds is 8. The van der Waals surface area contributed by atoms with Crippen molar-refractivity contribution < 1.29 is 19.4 Å². The van der Waals surface area contributed by atoms with E-state index in [1.54, 1.807) is 13.0 Å². The molecule has 0 radical (unpaired) electrons. The van der Waals surface area contributed by atoms with Gasteiger partial charge in [-0.3, -0.25) is 0 Å². The number of carbonyl (C=O) groups excluding carboxylic acids is 1. The highest BCUT2D eigenvalue weighted by Crippen LogP contribution is 2.07. The average molecular weight is 278 g/mol. The van der Waals surface area contributed by atoms with Gasteiger partial charge < -0.3 is 14.6 Å². The summed E-state index contributed by atoms with van der Waals surface area (Å²) in [6.45, 7) is 4.61. The predicted octanol–water partition coefficient (Wildman–Crippen LogP) is 2.32. The maximum absolute atomic E-state index is 11.1. The first-order valence-electron chi connectivity index (χ1n) is 6.78. The Balaban J connectivity index is 2.27. The Bertz CT molecular complexity index is 414. The number of hydrogen-bond donors (Lipinski definition) is 1. The molecular formula is C16H22O4. The number of hydrogen-bond acceptors (Lipinski definition) is 4. The molecule has 1 aromatic carbocycles. The van der Waals surface area contributed by atoms with Gasteiger partial charge in [0, 0.05) is 12.0 Å². The molecule has 0 spiro atoms. The van der Waals surface area contributed by atoms with E-state index in [4.69, 9.17) is 9.47 Å². The number of benzene rings is 1. The van der Waals surface area contributed by atoms with Crippen LogP contribution in [-0.4, -0.2) is 30.4 Å². The van der Waals surface area contributed by atoms with Crippen molar-refractivity contribution in [2.45, 2.75) is 26.6 Å². The largest absolute Gasteiger partial charge is 0.463 e. The monoisotopic (exact) mass is 278 g/mol. The molecular weight excluding hydrogens is 256 g/mol. The number of aliphatic hydroxyl groups is 1. The molecule has 4 heteroatoms. The molecule has 0 aliphatic heterocycles. The molecule has 0 amide bonds. The molecule has 2 unspecified atom stereocenters. The first kappa shape index (κ1) is 16.4. The van der Waals surface area contributed by atoms with Gasteiger partial charge in [0.1, 0.15) is 0 Å². The fraction of sp³-hybridized carbons (Fsp3) is 0.438. The van der Waals surface area contributed by atoms with Crippen LogP contribution in [0.15, 0.2) is 42.5 Å². The van der Waals surface area contributed by atoms with Crippen LogP contribution in [0.5, 0.6) is 0 Å². The summed E-state index contributed by atoms with van der Waals surface area (Å²) < 4.78 is 10.2. The lowest BCUT2D eigenvalue weighted by Gasteiger charge is -2.15. The van der Waals surface area contributed by atoms with E-state index in [-0.39, 0.29) is 12.5 Å². The molecule has 110 valence electrons. The molecule has 0 aliphatic rings. The minimum Gasteiger partial charge on any atom is -0.463 e. The van der Waals surface area contributed by atoms with Gasteiger partial charge >= 0.3 is 5.97 Å². The Hall–Kier alpha value is -1.65. The van der Waals surface area contributed by atoms with Crippen LogP contribution in [0, 0.1) is 5.92 Å². The molecule has 2 atom stereocenters. The number of carbonyl (C=O) groups is 1. The third kappa shape index (κ3) is 6.50. The quantitative estimate of drug-likeness (QED) is 0.585. The van der Waals surface area contributed by atoms with Crippen molar-refractivity contribution in [3.05, 3.63) is 48.0 Å². The summed E-state index contributed by atoms with van der Waals surface area (Å²) in [4.78, 5) is 11.1. The minimum absolute atomic E-state index is 0.171. The zero-order valence-electron chi connectivity index (χ0n) is 12.0. The zero-order chi connectivity index (χ0) is 14.8. The van der Waals surface area contributed by atoms with Crippen LogP contribution in [0.25, 0.3) is 0 Å². The fourth-order valence-corrected chi connectivity index (χ4v) is 1.57. The second kappa shape index (κ2) is 9.28. The van der Waals surface area contributed by atoms with Gasteiger partial charge in [-0.1, -0.05) is 43.3 Å². The summed E-state index contributed by atoms with van der Waals surface area (Å²) in [6.07, 6.45) is 2.33. The number of esters is 1. The van der Waals surface area contributed by atoms with Crippen LogP contribution in [-0.2, 0) is 20.9 Å². The number of aliphatic hydroxyl groups excluding tert-OH is 1. The van der Waals surface area contributed by atoms with Crippen molar-refractivity contribution in [3.63, 3.8) is 0 Å². The maximum Gasteiger partial charge on any atom is 0.330 e. The van der Waals surface area contributed by atoms with Gasteiger partial charge in [0.05, 0.1) is 25.9 Å². The molecule has 0 aliphatic carbocycles. The highest BCUT2D eigenvalue weighted by Gasteiger charge is 2.12. The van der Waals surface area contributed by atoms with E-state index in [2.05, 4.69) is 0 Å². The molecule has 0 bridgehead atoms.